The number of rotatable bonds is 5. The van der Waals surface area contributed by atoms with Crippen LogP contribution in [0.15, 0.2) is 18.2 Å². The van der Waals surface area contributed by atoms with Gasteiger partial charge in [0.2, 0.25) is 0 Å². The first-order chi connectivity index (χ1) is 8.74. The second-order valence-electron chi connectivity index (χ2n) is 4.95. The number of halogens is 1. The summed E-state index contributed by atoms with van der Waals surface area (Å²) in [6.45, 7) is 0. The molecule has 0 N–H and O–H groups in total. The van der Waals surface area contributed by atoms with E-state index in [1.807, 2.05) is 6.07 Å². The normalized spacial score (nSPS) is 17.7. The summed E-state index contributed by atoms with van der Waals surface area (Å²) in [5.41, 5.74) is 1.31. The van der Waals surface area contributed by atoms with Gasteiger partial charge in [0.1, 0.15) is 0 Å². The van der Waals surface area contributed by atoms with Gasteiger partial charge in [0.05, 0.1) is 14.2 Å². The molecule has 0 saturated heterocycles. The molecule has 100 valence electrons. The molecule has 1 aliphatic carbocycles. The molecule has 1 atom stereocenters. The third kappa shape index (κ3) is 3.19. The van der Waals surface area contributed by atoms with Crippen molar-refractivity contribution < 1.29 is 9.47 Å². The van der Waals surface area contributed by atoms with Gasteiger partial charge in [-0.05, 0) is 42.9 Å². The summed E-state index contributed by atoms with van der Waals surface area (Å²) in [6.07, 6.45) is 6.56. The molecule has 2 rings (SSSR count). The fraction of sp³-hybridized carbons (Fsp3) is 0.600. The lowest BCUT2D eigenvalue weighted by atomic mass is 9.98. The molecule has 1 aromatic carbocycles. The van der Waals surface area contributed by atoms with Crippen LogP contribution in [0.4, 0.5) is 0 Å². The van der Waals surface area contributed by atoms with Crippen LogP contribution in [0.25, 0.3) is 0 Å². The summed E-state index contributed by atoms with van der Waals surface area (Å²) >= 11 is 3.85. The zero-order chi connectivity index (χ0) is 13.0. The maximum Gasteiger partial charge on any atom is 0.160 e. The molecule has 0 bridgehead atoms. The minimum atomic E-state index is 0.582. The van der Waals surface area contributed by atoms with Gasteiger partial charge in [-0.1, -0.05) is 34.8 Å². The minimum Gasteiger partial charge on any atom is -0.493 e. The average molecular weight is 313 g/mol. The lowest BCUT2D eigenvalue weighted by Crippen LogP contribution is -2.13. The van der Waals surface area contributed by atoms with Gasteiger partial charge in [-0.3, -0.25) is 0 Å². The molecule has 0 spiro atoms. The fourth-order valence-electron chi connectivity index (χ4n) is 2.72. The number of hydrogen-bond donors (Lipinski definition) is 0. The zero-order valence-electron chi connectivity index (χ0n) is 11.1. The van der Waals surface area contributed by atoms with Crippen LogP contribution in [0.3, 0.4) is 0 Å². The first-order valence-corrected chi connectivity index (χ1v) is 7.51. The van der Waals surface area contributed by atoms with E-state index in [-0.39, 0.29) is 0 Å². The first kappa shape index (κ1) is 13.7. The predicted octanol–water partition coefficient (Wildman–Crippen LogP) is 4.20. The van der Waals surface area contributed by atoms with Crippen LogP contribution in [0.1, 0.15) is 31.2 Å². The van der Waals surface area contributed by atoms with Crippen LogP contribution in [-0.2, 0) is 6.42 Å². The van der Waals surface area contributed by atoms with Gasteiger partial charge in [-0.2, -0.15) is 0 Å². The summed E-state index contributed by atoms with van der Waals surface area (Å²) < 4.78 is 10.6. The van der Waals surface area contributed by atoms with Gasteiger partial charge >= 0.3 is 0 Å². The van der Waals surface area contributed by atoms with E-state index in [1.54, 1.807) is 14.2 Å². The van der Waals surface area contributed by atoms with Crippen LogP contribution < -0.4 is 9.47 Å². The Morgan fingerprint density at radius 3 is 2.44 bits per heavy atom. The summed E-state index contributed by atoms with van der Waals surface area (Å²) in [7, 11) is 3.35. The molecule has 18 heavy (non-hydrogen) atoms. The first-order valence-electron chi connectivity index (χ1n) is 6.59. The molecule has 3 heteroatoms. The van der Waals surface area contributed by atoms with E-state index in [0.29, 0.717) is 4.83 Å². The van der Waals surface area contributed by atoms with Crippen molar-refractivity contribution in [3.8, 4) is 11.5 Å². The van der Waals surface area contributed by atoms with Crippen LogP contribution in [-0.4, -0.2) is 19.0 Å². The van der Waals surface area contributed by atoms with E-state index in [2.05, 4.69) is 28.1 Å². The summed E-state index contributed by atoms with van der Waals surface area (Å²) in [5, 5.41) is 0. The maximum atomic E-state index is 5.34. The zero-order valence-corrected chi connectivity index (χ0v) is 12.7. The Morgan fingerprint density at radius 1 is 1.17 bits per heavy atom. The minimum absolute atomic E-state index is 0.582. The number of methoxy groups -OCH3 is 2. The molecule has 0 radical (unpaired) electrons. The Labute approximate surface area is 118 Å². The lowest BCUT2D eigenvalue weighted by molar-refractivity contribution is 0.354. The third-order valence-electron chi connectivity index (χ3n) is 3.79. The predicted molar refractivity (Wildman–Crippen MR) is 77.9 cm³/mol. The number of alkyl halides is 1. The van der Waals surface area contributed by atoms with E-state index >= 15 is 0 Å². The van der Waals surface area contributed by atoms with Crippen LogP contribution >= 0.6 is 15.9 Å². The Kier molecular flexibility index (Phi) is 4.93. The molecular weight excluding hydrogens is 292 g/mol. The average Bonchev–Trinajstić information content (AvgIpc) is 2.92. The molecule has 1 unspecified atom stereocenters. The van der Waals surface area contributed by atoms with Crippen molar-refractivity contribution in [3.63, 3.8) is 0 Å². The Bertz CT molecular complexity index is 386. The molecule has 1 aromatic rings. The van der Waals surface area contributed by atoms with Gasteiger partial charge in [-0.15, -0.1) is 0 Å². The Hall–Kier alpha value is -0.700. The van der Waals surface area contributed by atoms with Crippen LogP contribution in [0.2, 0.25) is 0 Å². The van der Waals surface area contributed by atoms with E-state index in [4.69, 9.17) is 9.47 Å². The fourth-order valence-corrected chi connectivity index (χ4v) is 3.62. The highest BCUT2D eigenvalue weighted by Crippen LogP contribution is 2.34. The SMILES string of the molecule is COc1ccc(CC(Br)C2CCCC2)cc1OC. The van der Waals surface area contributed by atoms with Crippen molar-refractivity contribution in [2.75, 3.05) is 14.2 Å². The third-order valence-corrected chi connectivity index (χ3v) is 4.86. The second-order valence-corrected chi connectivity index (χ2v) is 6.13. The quantitative estimate of drug-likeness (QED) is 0.759. The van der Waals surface area contributed by atoms with Gasteiger partial charge in [-0.25, -0.2) is 0 Å². The monoisotopic (exact) mass is 312 g/mol. The van der Waals surface area contributed by atoms with Crippen LogP contribution in [0, 0.1) is 5.92 Å². The van der Waals surface area contributed by atoms with Crippen molar-refractivity contribution >= 4 is 15.9 Å². The van der Waals surface area contributed by atoms with Gasteiger partial charge in [0.25, 0.3) is 0 Å². The van der Waals surface area contributed by atoms with E-state index in [1.165, 1.54) is 31.2 Å². The topological polar surface area (TPSA) is 18.5 Å². The van der Waals surface area contributed by atoms with Crippen molar-refractivity contribution in [3.05, 3.63) is 23.8 Å². The van der Waals surface area contributed by atoms with E-state index in [9.17, 15) is 0 Å². The number of hydrogen-bond acceptors (Lipinski definition) is 2. The smallest absolute Gasteiger partial charge is 0.160 e. The second kappa shape index (κ2) is 6.46. The van der Waals surface area contributed by atoms with Gasteiger partial charge < -0.3 is 9.47 Å². The number of ether oxygens (including phenoxy) is 2. The molecule has 2 nitrogen and oxygen atoms in total. The van der Waals surface area contributed by atoms with Gasteiger partial charge in [0.15, 0.2) is 11.5 Å². The molecular formula is C15H21BrO2. The van der Waals surface area contributed by atoms with Crippen molar-refractivity contribution in [2.45, 2.75) is 36.9 Å². The van der Waals surface area contributed by atoms with Crippen molar-refractivity contribution in [2.24, 2.45) is 5.92 Å². The summed E-state index contributed by atoms with van der Waals surface area (Å²) in [6, 6.07) is 6.20. The molecule has 1 saturated carbocycles. The molecule has 1 fully saturated rings. The highest BCUT2D eigenvalue weighted by molar-refractivity contribution is 9.09. The van der Waals surface area contributed by atoms with Gasteiger partial charge in [0, 0.05) is 4.83 Å². The Morgan fingerprint density at radius 2 is 1.83 bits per heavy atom. The molecule has 1 aliphatic rings. The van der Waals surface area contributed by atoms with E-state index < -0.39 is 0 Å². The highest BCUT2D eigenvalue weighted by atomic mass is 79.9. The Balaban J connectivity index is 2.04. The van der Waals surface area contributed by atoms with E-state index in [0.717, 1.165) is 23.8 Å². The largest absolute Gasteiger partial charge is 0.493 e. The summed E-state index contributed by atoms with van der Waals surface area (Å²) in [5.74, 6) is 2.45. The molecule has 0 aromatic heterocycles. The summed E-state index contributed by atoms with van der Waals surface area (Å²) in [4.78, 5) is 0.582. The number of benzene rings is 1. The highest BCUT2D eigenvalue weighted by Gasteiger charge is 2.23. The maximum absolute atomic E-state index is 5.34. The molecule has 0 amide bonds. The molecule has 0 aliphatic heterocycles. The van der Waals surface area contributed by atoms with Crippen molar-refractivity contribution in [1.29, 1.82) is 0 Å². The lowest BCUT2D eigenvalue weighted by Gasteiger charge is -2.17. The standard InChI is InChI=1S/C15H21BrO2/c1-17-14-8-7-11(10-15(14)18-2)9-13(16)12-5-3-4-6-12/h7-8,10,12-13H,3-6,9H2,1-2H3. The molecule has 0 heterocycles. The van der Waals surface area contributed by atoms with Crippen molar-refractivity contribution in [1.82, 2.24) is 0 Å². The van der Waals surface area contributed by atoms with Crippen LogP contribution in [0.5, 0.6) is 11.5 Å².